The number of pyridine rings is 3. The highest BCUT2D eigenvalue weighted by atomic mass is 16.5. The van der Waals surface area contributed by atoms with Gasteiger partial charge in [-0.05, 0) is 37.3 Å². The van der Waals surface area contributed by atoms with Gasteiger partial charge in [-0.25, -0.2) is 10.1 Å². The molecule has 0 aromatic carbocycles. The number of aromatic amines is 1. The highest BCUT2D eigenvalue weighted by molar-refractivity contribution is 5.86. The Balaban J connectivity index is 1.61. The van der Waals surface area contributed by atoms with E-state index >= 15 is 0 Å². The molecule has 1 aliphatic rings. The molecule has 0 radical (unpaired) electrons. The highest BCUT2D eigenvalue weighted by Gasteiger charge is 2.20. The van der Waals surface area contributed by atoms with Gasteiger partial charge in [0, 0.05) is 31.9 Å². The van der Waals surface area contributed by atoms with Crippen molar-refractivity contribution in [3.8, 4) is 28.5 Å². The fraction of sp³-hybridized carbons (Fsp3) is 0.273. The molecular formula is C22H23N7O. The molecule has 30 heavy (non-hydrogen) atoms. The molecule has 4 aromatic rings. The van der Waals surface area contributed by atoms with Gasteiger partial charge in [-0.15, -0.1) is 0 Å². The van der Waals surface area contributed by atoms with Gasteiger partial charge in [0.05, 0.1) is 47.0 Å². The van der Waals surface area contributed by atoms with E-state index < -0.39 is 0 Å². The standard InChI is InChI=1S/C22H23N7O/c1-14-4-3-5-18(25-14)21-20(22(30-2)28-27-21)17-7-6-16-19(26-17)12-15(13-24-16)29-10-8-23-9-11-29/h3-7,12-13,23H,8-11H2,1-2H3,(H,27,28). The van der Waals surface area contributed by atoms with E-state index in [1.807, 2.05) is 43.5 Å². The van der Waals surface area contributed by atoms with Gasteiger partial charge in [0.15, 0.2) is 0 Å². The monoisotopic (exact) mass is 401 g/mol. The fourth-order valence-electron chi connectivity index (χ4n) is 3.80. The van der Waals surface area contributed by atoms with E-state index in [1.165, 1.54) is 0 Å². The third-order valence-electron chi connectivity index (χ3n) is 5.33. The van der Waals surface area contributed by atoms with Crippen molar-refractivity contribution in [1.29, 1.82) is 0 Å². The van der Waals surface area contributed by atoms with Gasteiger partial charge in [0.25, 0.3) is 0 Å². The Bertz CT molecular complexity index is 1200. The van der Waals surface area contributed by atoms with Gasteiger partial charge in [0.2, 0.25) is 5.88 Å². The Labute approximate surface area is 174 Å². The molecule has 0 saturated carbocycles. The predicted octanol–water partition coefficient (Wildman–Crippen LogP) is 2.81. The molecule has 5 rings (SSSR count). The lowest BCUT2D eigenvalue weighted by Crippen LogP contribution is -2.43. The quantitative estimate of drug-likeness (QED) is 0.543. The number of methoxy groups -OCH3 is 1. The number of piperazine rings is 1. The second-order valence-corrected chi connectivity index (χ2v) is 7.31. The summed E-state index contributed by atoms with van der Waals surface area (Å²) in [7, 11) is 1.62. The molecule has 0 spiro atoms. The Morgan fingerprint density at radius 3 is 2.67 bits per heavy atom. The largest absolute Gasteiger partial charge is 0.481 e. The first-order chi connectivity index (χ1) is 14.7. The number of hydrogen-bond acceptors (Lipinski definition) is 7. The first-order valence-corrected chi connectivity index (χ1v) is 10.0. The molecule has 152 valence electrons. The van der Waals surface area contributed by atoms with Crippen LogP contribution in [0.2, 0.25) is 0 Å². The molecule has 0 bridgehead atoms. The van der Waals surface area contributed by atoms with E-state index in [0.29, 0.717) is 11.6 Å². The van der Waals surface area contributed by atoms with Gasteiger partial charge < -0.3 is 15.0 Å². The van der Waals surface area contributed by atoms with E-state index in [0.717, 1.165) is 65.5 Å². The van der Waals surface area contributed by atoms with Gasteiger partial charge in [0.1, 0.15) is 5.69 Å². The topological polar surface area (TPSA) is 91.8 Å². The van der Waals surface area contributed by atoms with Gasteiger partial charge in [-0.3, -0.25) is 9.97 Å². The van der Waals surface area contributed by atoms with Crippen LogP contribution in [0, 0.1) is 6.92 Å². The number of aryl methyl sites for hydroxylation is 1. The van der Waals surface area contributed by atoms with Crippen molar-refractivity contribution in [2.24, 2.45) is 0 Å². The van der Waals surface area contributed by atoms with Crippen LogP contribution in [0.25, 0.3) is 33.7 Å². The molecule has 1 saturated heterocycles. The molecule has 0 amide bonds. The first kappa shape index (κ1) is 18.5. The van der Waals surface area contributed by atoms with E-state index in [9.17, 15) is 0 Å². The SMILES string of the molecule is COc1[nH]nc(-c2cccc(C)n2)c1-c1ccc2ncc(N3CCNCC3)cc2n1. The van der Waals surface area contributed by atoms with E-state index in [4.69, 9.17) is 9.72 Å². The number of rotatable bonds is 4. The van der Waals surface area contributed by atoms with E-state index in [1.54, 1.807) is 7.11 Å². The number of nitrogens with one attached hydrogen (secondary N) is 2. The third-order valence-corrected chi connectivity index (χ3v) is 5.33. The average Bonchev–Trinajstić information content (AvgIpc) is 3.23. The van der Waals surface area contributed by atoms with Crippen LogP contribution in [-0.2, 0) is 0 Å². The summed E-state index contributed by atoms with van der Waals surface area (Å²) in [5, 5.41) is 10.8. The van der Waals surface area contributed by atoms with Crippen LogP contribution in [0.3, 0.4) is 0 Å². The van der Waals surface area contributed by atoms with Crippen molar-refractivity contribution in [1.82, 2.24) is 30.5 Å². The van der Waals surface area contributed by atoms with Crippen molar-refractivity contribution < 1.29 is 4.74 Å². The molecule has 0 atom stereocenters. The summed E-state index contributed by atoms with van der Waals surface area (Å²) < 4.78 is 5.55. The molecular weight excluding hydrogens is 378 g/mol. The molecule has 4 aromatic heterocycles. The van der Waals surface area contributed by atoms with Crippen LogP contribution in [0.4, 0.5) is 5.69 Å². The van der Waals surface area contributed by atoms with Gasteiger partial charge in [-0.2, -0.15) is 5.10 Å². The second kappa shape index (κ2) is 7.72. The minimum absolute atomic E-state index is 0.561. The summed E-state index contributed by atoms with van der Waals surface area (Å²) in [6, 6.07) is 11.9. The molecule has 2 N–H and O–H groups in total. The summed E-state index contributed by atoms with van der Waals surface area (Å²) in [5.74, 6) is 0.561. The lowest BCUT2D eigenvalue weighted by atomic mass is 10.1. The van der Waals surface area contributed by atoms with Crippen LogP contribution < -0.4 is 15.0 Å². The Morgan fingerprint density at radius 1 is 1.00 bits per heavy atom. The van der Waals surface area contributed by atoms with Crippen LogP contribution in [-0.4, -0.2) is 58.4 Å². The molecule has 0 unspecified atom stereocenters. The number of aromatic nitrogens is 5. The zero-order chi connectivity index (χ0) is 20.5. The maximum Gasteiger partial charge on any atom is 0.219 e. The first-order valence-electron chi connectivity index (χ1n) is 10.0. The average molecular weight is 401 g/mol. The van der Waals surface area contributed by atoms with Crippen LogP contribution >= 0.6 is 0 Å². The van der Waals surface area contributed by atoms with Crippen molar-refractivity contribution in [3.05, 3.63) is 48.3 Å². The molecule has 5 heterocycles. The van der Waals surface area contributed by atoms with Crippen LogP contribution in [0.1, 0.15) is 5.69 Å². The Kier molecular flexibility index (Phi) is 4.76. The smallest absolute Gasteiger partial charge is 0.219 e. The zero-order valence-corrected chi connectivity index (χ0v) is 17.0. The second-order valence-electron chi connectivity index (χ2n) is 7.31. The summed E-state index contributed by atoms with van der Waals surface area (Å²) in [5.41, 5.74) is 6.78. The number of H-pyrrole nitrogens is 1. The molecule has 1 aliphatic heterocycles. The number of ether oxygens (including phenoxy) is 1. The van der Waals surface area contributed by atoms with Gasteiger partial charge in [-0.1, -0.05) is 6.07 Å². The lowest BCUT2D eigenvalue weighted by molar-refractivity contribution is 0.398. The molecule has 1 fully saturated rings. The predicted molar refractivity (Wildman–Crippen MR) is 117 cm³/mol. The minimum Gasteiger partial charge on any atom is -0.481 e. The highest BCUT2D eigenvalue weighted by Crippen LogP contribution is 2.36. The molecule has 8 nitrogen and oxygen atoms in total. The maximum atomic E-state index is 5.55. The number of nitrogens with zero attached hydrogens (tertiary/aromatic N) is 5. The number of anilines is 1. The van der Waals surface area contributed by atoms with Crippen molar-refractivity contribution in [3.63, 3.8) is 0 Å². The van der Waals surface area contributed by atoms with Crippen LogP contribution in [0.15, 0.2) is 42.6 Å². The minimum atomic E-state index is 0.561. The third kappa shape index (κ3) is 3.35. The van der Waals surface area contributed by atoms with Crippen molar-refractivity contribution >= 4 is 16.7 Å². The molecule has 0 aliphatic carbocycles. The van der Waals surface area contributed by atoms with Crippen molar-refractivity contribution in [2.45, 2.75) is 6.92 Å². The van der Waals surface area contributed by atoms with Crippen molar-refractivity contribution in [2.75, 3.05) is 38.2 Å². The maximum absolute atomic E-state index is 5.55. The van der Waals surface area contributed by atoms with Gasteiger partial charge >= 0.3 is 0 Å². The zero-order valence-electron chi connectivity index (χ0n) is 17.0. The Hall–Kier alpha value is -3.52. The Morgan fingerprint density at radius 2 is 1.87 bits per heavy atom. The van der Waals surface area contributed by atoms with E-state index in [2.05, 4.69) is 36.4 Å². The normalized spacial score (nSPS) is 14.3. The number of hydrogen-bond donors (Lipinski definition) is 2. The lowest BCUT2D eigenvalue weighted by Gasteiger charge is -2.29. The van der Waals surface area contributed by atoms with Crippen LogP contribution in [0.5, 0.6) is 5.88 Å². The van der Waals surface area contributed by atoms with E-state index in [-0.39, 0.29) is 0 Å². The number of fused-ring (bicyclic) bond motifs is 1. The summed E-state index contributed by atoms with van der Waals surface area (Å²) in [6.07, 6.45) is 1.93. The fourth-order valence-corrected chi connectivity index (χ4v) is 3.80. The molecule has 8 heteroatoms. The summed E-state index contributed by atoms with van der Waals surface area (Å²) >= 11 is 0. The summed E-state index contributed by atoms with van der Waals surface area (Å²) in [6.45, 7) is 5.84. The summed E-state index contributed by atoms with van der Waals surface area (Å²) in [4.78, 5) is 16.5.